The standard InChI is InChI=1S/C6H10N4.2ClH/c7-9-10(8)6-4-2-1-3-5-6;;/h1-5,9H,7-8H2;2*1H. The minimum Gasteiger partial charge on any atom is -0.252 e. The number of halogens is 2. The fourth-order valence-electron chi connectivity index (χ4n) is 0.663. The van der Waals surface area contributed by atoms with E-state index in [0.29, 0.717) is 0 Å². The zero-order valence-electron chi connectivity index (χ0n) is 6.31. The lowest BCUT2D eigenvalue weighted by molar-refractivity contribution is 0.678. The van der Waals surface area contributed by atoms with E-state index in [9.17, 15) is 0 Å². The molecule has 1 aromatic rings. The van der Waals surface area contributed by atoms with Crippen molar-refractivity contribution in [1.29, 1.82) is 0 Å². The van der Waals surface area contributed by atoms with Gasteiger partial charge in [-0.2, -0.15) is 5.53 Å². The third kappa shape index (κ3) is 3.75. The van der Waals surface area contributed by atoms with Crippen molar-refractivity contribution in [3.8, 4) is 0 Å². The van der Waals surface area contributed by atoms with Gasteiger partial charge in [-0.1, -0.05) is 18.2 Å². The Morgan fingerprint density at radius 3 is 2.00 bits per heavy atom. The number of nitrogens with zero attached hydrogens (tertiary/aromatic N) is 1. The molecule has 0 spiro atoms. The molecule has 70 valence electrons. The molecular weight excluding hydrogens is 199 g/mol. The van der Waals surface area contributed by atoms with Crippen LogP contribution in [0.5, 0.6) is 0 Å². The summed E-state index contributed by atoms with van der Waals surface area (Å²) in [5.41, 5.74) is 3.12. The topological polar surface area (TPSA) is 67.3 Å². The zero-order valence-corrected chi connectivity index (χ0v) is 7.94. The number of nitrogens with two attached hydrogens (primary N) is 2. The van der Waals surface area contributed by atoms with Gasteiger partial charge < -0.3 is 0 Å². The lowest BCUT2D eigenvalue weighted by Crippen LogP contribution is -2.48. The highest BCUT2D eigenvalue weighted by atomic mass is 35.5. The van der Waals surface area contributed by atoms with E-state index < -0.39 is 0 Å². The van der Waals surface area contributed by atoms with E-state index in [0.717, 1.165) is 5.69 Å². The number of benzene rings is 1. The summed E-state index contributed by atoms with van der Waals surface area (Å²) in [7, 11) is 0. The number of hydrogen-bond donors (Lipinski definition) is 3. The van der Waals surface area contributed by atoms with Crippen LogP contribution in [-0.2, 0) is 0 Å². The van der Waals surface area contributed by atoms with Gasteiger partial charge in [0.15, 0.2) is 0 Å². The quantitative estimate of drug-likeness (QED) is 0.494. The van der Waals surface area contributed by atoms with E-state index in [1.165, 1.54) is 5.12 Å². The van der Waals surface area contributed by atoms with Crippen LogP contribution in [0.15, 0.2) is 30.3 Å². The predicted octanol–water partition coefficient (Wildman–Crippen LogP) is 0.589. The second-order valence-electron chi connectivity index (χ2n) is 1.83. The van der Waals surface area contributed by atoms with Gasteiger partial charge in [0.25, 0.3) is 0 Å². The van der Waals surface area contributed by atoms with Crippen molar-refractivity contribution in [2.24, 2.45) is 11.7 Å². The summed E-state index contributed by atoms with van der Waals surface area (Å²) in [6.07, 6.45) is 0. The van der Waals surface area contributed by atoms with Crippen molar-refractivity contribution in [3.63, 3.8) is 0 Å². The molecule has 0 unspecified atom stereocenters. The maximum atomic E-state index is 5.39. The Labute approximate surface area is 83.6 Å². The number of rotatable bonds is 2. The molecule has 0 aromatic heterocycles. The van der Waals surface area contributed by atoms with E-state index in [1.54, 1.807) is 0 Å². The van der Waals surface area contributed by atoms with Crippen LogP contribution in [0.4, 0.5) is 5.69 Å². The molecule has 0 amide bonds. The van der Waals surface area contributed by atoms with E-state index in [4.69, 9.17) is 11.7 Å². The molecular formula is C6H12Cl2N4. The summed E-state index contributed by atoms with van der Waals surface area (Å²) in [6.45, 7) is 0. The van der Waals surface area contributed by atoms with Gasteiger partial charge in [-0.3, -0.25) is 5.84 Å². The number of anilines is 1. The average molecular weight is 211 g/mol. The minimum absolute atomic E-state index is 0. The van der Waals surface area contributed by atoms with Crippen LogP contribution in [0, 0.1) is 0 Å². The fourth-order valence-corrected chi connectivity index (χ4v) is 0.663. The molecule has 1 aromatic carbocycles. The van der Waals surface area contributed by atoms with Gasteiger partial charge >= 0.3 is 0 Å². The molecule has 0 bridgehead atoms. The maximum Gasteiger partial charge on any atom is 0.0713 e. The Balaban J connectivity index is 0. The first-order valence-electron chi connectivity index (χ1n) is 2.90. The minimum atomic E-state index is 0. The summed E-state index contributed by atoms with van der Waals surface area (Å²) in [4.78, 5) is 0. The van der Waals surface area contributed by atoms with Gasteiger partial charge in [-0.15, -0.1) is 24.8 Å². The van der Waals surface area contributed by atoms with Gasteiger partial charge in [-0.25, -0.2) is 11.0 Å². The number of hydrogen-bond acceptors (Lipinski definition) is 4. The van der Waals surface area contributed by atoms with E-state index >= 15 is 0 Å². The molecule has 6 heteroatoms. The van der Waals surface area contributed by atoms with Crippen molar-refractivity contribution in [2.75, 3.05) is 5.12 Å². The normalized spacial score (nSPS) is 7.83. The highest BCUT2D eigenvalue weighted by Gasteiger charge is 1.93. The molecule has 0 saturated carbocycles. The Morgan fingerprint density at radius 1 is 1.08 bits per heavy atom. The summed E-state index contributed by atoms with van der Waals surface area (Å²) < 4.78 is 0. The third-order valence-corrected chi connectivity index (χ3v) is 1.17. The summed E-state index contributed by atoms with van der Waals surface area (Å²) >= 11 is 0. The zero-order chi connectivity index (χ0) is 7.40. The Bertz CT molecular complexity index is 194. The van der Waals surface area contributed by atoms with Crippen molar-refractivity contribution in [2.45, 2.75) is 0 Å². The second-order valence-corrected chi connectivity index (χ2v) is 1.83. The lowest BCUT2D eigenvalue weighted by atomic mass is 10.3. The molecule has 12 heavy (non-hydrogen) atoms. The molecule has 0 heterocycles. The molecule has 0 saturated heterocycles. The van der Waals surface area contributed by atoms with Crippen LogP contribution in [-0.4, -0.2) is 0 Å². The summed E-state index contributed by atoms with van der Waals surface area (Å²) in [6, 6.07) is 9.37. The van der Waals surface area contributed by atoms with E-state index in [1.807, 2.05) is 30.3 Å². The first kappa shape index (κ1) is 14.0. The van der Waals surface area contributed by atoms with Crippen LogP contribution in [0.1, 0.15) is 0 Å². The largest absolute Gasteiger partial charge is 0.252 e. The molecule has 0 aliphatic rings. The smallest absolute Gasteiger partial charge is 0.0713 e. The van der Waals surface area contributed by atoms with Gasteiger partial charge in [0, 0.05) is 0 Å². The monoisotopic (exact) mass is 210 g/mol. The Morgan fingerprint density at radius 2 is 1.58 bits per heavy atom. The summed E-state index contributed by atoms with van der Waals surface area (Å²) in [5, 5.41) is 1.24. The first-order valence-corrected chi connectivity index (χ1v) is 2.90. The van der Waals surface area contributed by atoms with Crippen molar-refractivity contribution in [1.82, 2.24) is 5.53 Å². The predicted molar refractivity (Wildman–Crippen MR) is 54.9 cm³/mol. The van der Waals surface area contributed by atoms with Crippen molar-refractivity contribution < 1.29 is 0 Å². The highest BCUT2D eigenvalue weighted by molar-refractivity contribution is 5.85. The molecule has 4 nitrogen and oxygen atoms in total. The Kier molecular flexibility index (Phi) is 8.36. The van der Waals surface area contributed by atoms with E-state index in [2.05, 4.69) is 5.53 Å². The number of para-hydroxylation sites is 1. The van der Waals surface area contributed by atoms with Gasteiger partial charge in [0.2, 0.25) is 0 Å². The molecule has 0 aliphatic carbocycles. The van der Waals surface area contributed by atoms with E-state index in [-0.39, 0.29) is 24.8 Å². The average Bonchev–Trinajstić information content (AvgIpc) is 2.05. The van der Waals surface area contributed by atoms with Crippen LogP contribution in [0.3, 0.4) is 0 Å². The highest BCUT2D eigenvalue weighted by Crippen LogP contribution is 2.05. The van der Waals surface area contributed by atoms with Gasteiger partial charge in [-0.05, 0) is 12.1 Å². The van der Waals surface area contributed by atoms with Crippen LogP contribution in [0.2, 0.25) is 0 Å². The first-order chi connectivity index (χ1) is 4.84. The van der Waals surface area contributed by atoms with Crippen molar-refractivity contribution >= 4 is 30.5 Å². The van der Waals surface area contributed by atoms with Crippen LogP contribution in [0.25, 0.3) is 0 Å². The number of hydrazine groups is 3. The molecule has 0 radical (unpaired) electrons. The molecule has 5 N–H and O–H groups in total. The van der Waals surface area contributed by atoms with Crippen LogP contribution >= 0.6 is 24.8 Å². The van der Waals surface area contributed by atoms with Crippen LogP contribution < -0.4 is 22.3 Å². The molecule has 0 atom stereocenters. The Hall–Kier alpha value is -0.520. The lowest BCUT2D eigenvalue weighted by Gasteiger charge is -2.15. The van der Waals surface area contributed by atoms with Crippen molar-refractivity contribution in [3.05, 3.63) is 30.3 Å². The SMILES string of the molecule is Cl.Cl.NNN(N)c1ccccc1. The molecule has 0 fully saturated rings. The molecule has 1 rings (SSSR count). The molecule has 0 aliphatic heterocycles. The summed E-state index contributed by atoms with van der Waals surface area (Å²) in [5.74, 6) is 10.4. The third-order valence-electron chi connectivity index (χ3n) is 1.17. The second kappa shape index (κ2) is 7.15. The number of nitrogens with one attached hydrogen (secondary N) is 1. The maximum absolute atomic E-state index is 5.39. The van der Waals surface area contributed by atoms with Gasteiger partial charge in [0.05, 0.1) is 5.69 Å². The van der Waals surface area contributed by atoms with Gasteiger partial charge in [0.1, 0.15) is 0 Å². The fraction of sp³-hybridized carbons (Fsp3) is 0.